The van der Waals surface area contributed by atoms with E-state index in [1.54, 1.807) is 0 Å². The van der Waals surface area contributed by atoms with Crippen LogP contribution in [0.1, 0.15) is 0 Å². The maximum atomic E-state index is 5.74. The molecule has 0 spiro atoms. The zero-order valence-corrected chi connectivity index (χ0v) is 5.52. The standard InChI is InChI=1S/C6H11N3/c1-9-5-3-8-2-4(5)6(9)7/h6,8H,2-3,7H2,1H3. The monoisotopic (exact) mass is 125 g/mol. The lowest BCUT2D eigenvalue weighted by molar-refractivity contribution is 0.287. The quantitative estimate of drug-likeness (QED) is 0.439. The highest BCUT2D eigenvalue weighted by molar-refractivity contribution is 5.34. The molecule has 0 fully saturated rings. The maximum absolute atomic E-state index is 5.74. The van der Waals surface area contributed by atoms with E-state index in [1.807, 2.05) is 7.05 Å². The average Bonchev–Trinajstić information content (AvgIpc) is 2.30. The molecule has 0 aromatic heterocycles. The zero-order chi connectivity index (χ0) is 6.43. The van der Waals surface area contributed by atoms with Crippen molar-refractivity contribution in [1.82, 2.24) is 10.2 Å². The van der Waals surface area contributed by atoms with Gasteiger partial charge in [0.25, 0.3) is 0 Å². The van der Waals surface area contributed by atoms with Gasteiger partial charge in [-0.2, -0.15) is 0 Å². The van der Waals surface area contributed by atoms with E-state index in [-0.39, 0.29) is 6.17 Å². The van der Waals surface area contributed by atoms with Crippen LogP contribution < -0.4 is 11.1 Å². The van der Waals surface area contributed by atoms with E-state index in [2.05, 4.69) is 10.2 Å². The molecule has 1 unspecified atom stereocenters. The van der Waals surface area contributed by atoms with Gasteiger partial charge in [-0.1, -0.05) is 0 Å². The van der Waals surface area contributed by atoms with Crippen LogP contribution in [0.4, 0.5) is 0 Å². The molecule has 0 aromatic carbocycles. The molecule has 2 rings (SSSR count). The third-order valence-electron chi connectivity index (χ3n) is 2.18. The lowest BCUT2D eigenvalue weighted by atomic mass is 10.0. The molecule has 0 aromatic rings. The van der Waals surface area contributed by atoms with Gasteiger partial charge in [-0.15, -0.1) is 0 Å². The molecule has 2 heterocycles. The molecule has 50 valence electrons. The molecular formula is C6H11N3. The zero-order valence-electron chi connectivity index (χ0n) is 5.52. The van der Waals surface area contributed by atoms with Crippen molar-refractivity contribution in [3.05, 3.63) is 11.3 Å². The van der Waals surface area contributed by atoms with Gasteiger partial charge in [0, 0.05) is 31.4 Å². The van der Waals surface area contributed by atoms with Gasteiger partial charge in [-0.3, -0.25) is 0 Å². The lowest BCUT2D eigenvalue weighted by Gasteiger charge is -2.38. The average molecular weight is 125 g/mol. The van der Waals surface area contributed by atoms with E-state index in [0.29, 0.717) is 0 Å². The minimum absolute atomic E-state index is 0.204. The van der Waals surface area contributed by atoms with Crippen molar-refractivity contribution in [3.63, 3.8) is 0 Å². The summed E-state index contributed by atoms with van der Waals surface area (Å²) < 4.78 is 0. The maximum Gasteiger partial charge on any atom is 0.102 e. The van der Waals surface area contributed by atoms with Crippen LogP contribution >= 0.6 is 0 Å². The summed E-state index contributed by atoms with van der Waals surface area (Å²) >= 11 is 0. The lowest BCUT2D eigenvalue weighted by Crippen LogP contribution is -2.49. The summed E-state index contributed by atoms with van der Waals surface area (Å²) in [6.07, 6.45) is 0.204. The molecule has 3 nitrogen and oxygen atoms in total. The summed E-state index contributed by atoms with van der Waals surface area (Å²) in [6.45, 7) is 2.01. The Balaban J connectivity index is 2.26. The Bertz CT molecular complexity index is 155. The fraction of sp³-hybridized carbons (Fsp3) is 0.667. The third kappa shape index (κ3) is 0.483. The minimum Gasteiger partial charge on any atom is -0.358 e. The number of likely N-dealkylation sites (N-methyl/N-ethyl adjacent to an activating group) is 1. The number of nitrogens with two attached hydrogens (primary N) is 1. The highest BCUT2D eigenvalue weighted by atomic mass is 15.3. The van der Waals surface area contributed by atoms with Crippen molar-refractivity contribution in [2.45, 2.75) is 6.17 Å². The van der Waals surface area contributed by atoms with Crippen LogP contribution in [-0.4, -0.2) is 31.2 Å². The molecule has 0 saturated carbocycles. The summed E-state index contributed by atoms with van der Waals surface area (Å²) in [5.74, 6) is 0. The molecule has 1 atom stereocenters. The summed E-state index contributed by atoms with van der Waals surface area (Å²) in [5, 5.41) is 3.25. The molecule has 9 heavy (non-hydrogen) atoms. The molecule has 0 bridgehead atoms. The van der Waals surface area contributed by atoms with Crippen LogP contribution in [0.15, 0.2) is 11.3 Å². The van der Waals surface area contributed by atoms with Crippen LogP contribution in [0.2, 0.25) is 0 Å². The summed E-state index contributed by atoms with van der Waals surface area (Å²) in [4.78, 5) is 2.12. The molecular weight excluding hydrogens is 114 g/mol. The normalized spacial score (nSPS) is 32.7. The number of hydrogen-bond donors (Lipinski definition) is 2. The fourth-order valence-electron chi connectivity index (χ4n) is 1.49. The number of nitrogens with one attached hydrogen (secondary N) is 1. The van der Waals surface area contributed by atoms with Crippen LogP contribution in [0.25, 0.3) is 0 Å². The Morgan fingerprint density at radius 1 is 1.67 bits per heavy atom. The van der Waals surface area contributed by atoms with Crippen molar-refractivity contribution in [2.24, 2.45) is 5.73 Å². The Morgan fingerprint density at radius 2 is 2.44 bits per heavy atom. The van der Waals surface area contributed by atoms with Crippen molar-refractivity contribution >= 4 is 0 Å². The number of nitrogens with zero attached hydrogens (tertiary/aromatic N) is 1. The van der Waals surface area contributed by atoms with Crippen LogP contribution in [0.5, 0.6) is 0 Å². The molecule has 0 saturated heterocycles. The van der Waals surface area contributed by atoms with Gasteiger partial charge >= 0.3 is 0 Å². The van der Waals surface area contributed by atoms with Gasteiger partial charge in [0.05, 0.1) is 0 Å². The molecule has 0 radical (unpaired) electrons. The van der Waals surface area contributed by atoms with Crippen molar-refractivity contribution < 1.29 is 0 Å². The van der Waals surface area contributed by atoms with Gasteiger partial charge in [0.2, 0.25) is 0 Å². The van der Waals surface area contributed by atoms with Crippen molar-refractivity contribution in [2.75, 3.05) is 20.1 Å². The Morgan fingerprint density at radius 3 is 3.11 bits per heavy atom. The number of rotatable bonds is 0. The molecule has 0 aliphatic carbocycles. The van der Waals surface area contributed by atoms with Crippen LogP contribution in [0, 0.1) is 0 Å². The smallest absolute Gasteiger partial charge is 0.102 e. The topological polar surface area (TPSA) is 41.3 Å². The predicted molar refractivity (Wildman–Crippen MR) is 35.6 cm³/mol. The van der Waals surface area contributed by atoms with Gasteiger partial charge in [-0.25, -0.2) is 0 Å². The second-order valence-electron chi connectivity index (χ2n) is 2.63. The largest absolute Gasteiger partial charge is 0.358 e. The highest BCUT2D eigenvalue weighted by Gasteiger charge is 2.34. The second-order valence-corrected chi connectivity index (χ2v) is 2.63. The SMILES string of the molecule is CN1C2=C(CNC2)C1N. The first-order valence-electron chi connectivity index (χ1n) is 3.22. The summed E-state index contributed by atoms with van der Waals surface area (Å²) in [6, 6.07) is 0. The van der Waals surface area contributed by atoms with E-state index >= 15 is 0 Å². The van der Waals surface area contributed by atoms with Gasteiger partial charge in [-0.05, 0) is 0 Å². The van der Waals surface area contributed by atoms with E-state index in [4.69, 9.17) is 5.73 Å². The highest BCUT2D eigenvalue weighted by Crippen LogP contribution is 2.27. The summed E-state index contributed by atoms with van der Waals surface area (Å²) in [7, 11) is 2.04. The van der Waals surface area contributed by atoms with Crippen molar-refractivity contribution in [1.29, 1.82) is 0 Å². The minimum atomic E-state index is 0.204. The van der Waals surface area contributed by atoms with E-state index < -0.39 is 0 Å². The van der Waals surface area contributed by atoms with E-state index in [0.717, 1.165) is 13.1 Å². The first-order valence-corrected chi connectivity index (χ1v) is 3.22. The fourth-order valence-corrected chi connectivity index (χ4v) is 1.49. The van der Waals surface area contributed by atoms with Crippen LogP contribution in [-0.2, 0) is 0 Å². The van der Waals surface area contributed by atoms with E-state index in [1.165, 1.54) is 11.3 Å². The second kappa shape index (κ2) is 1.49. The molecule has 2 aliphatic rings. The van der Waals surface area contributed by atoms with Gasteiger partial charge in [0.1, 0.15) is 6.17 Å². The Labute approximate surface area is 54.5 Å². The first kappa shape index (κ1) is 5.26. The number of hydrogen-bond acceptors (Lipinski definition) is 3. The Kier molecular flexibility index (Phi) is 0.870. The Hall–Kier alpha value is -0.540. The molecule has 3 N–H and O–H groups in total. The molecule has 0 amide bonds. The van der Waals surface area contributed by atoms with Crippen molar-refractivity contribution in [3.8, 4) is 0 Å². The molecule has 3 heteroatoms. The van der Waals surface area contributed by atoms with Crippen LogP contribution in [0.3, 0.4) is 0 Å². The molecule has 2 aliphatic heterocycles. The van der Waals surface area contributed by atoms with Gasteiger partial charge < -0.3 is 16.0 Å². The third-order valence-corrected chi connectivity index (χ3v) is 2.18. The first-order chi connectivity index (χ1) is 4.30. The predicted octanol–water partition coefficient (Wildman–Crippen LogP) is -0.926. The van der Waals surface area contributed by atoms with Gasteiger partial charge in [0.15, 0.2) is 0 Å². The van der Waals surface area contributed by atoms with E-state index in [9.17, 15) is 0 Å². The summed E-state index contributed by atoms with van der Waals surface area (Å²) in [5.41, 5.74) is 8.54.